The van der Waals surface area contributed by atoms with Gasteiger partial charge in [0, 0.05) is 31.9 Å². The molecular formula is C26H28N4O6. The molecule has 1 aliphatic heterocycles. The molecule has 0 atom stereocenters. The first kappa shape index (κ1) is 24.8. The number of piperazine rings is 1. The van der Waals surface area contributed by atoms with Gasteiger partial charge < -0.3 is 29.1 Å². The summed E-state index contributed by atoms with van der Waals surface area (Å²) in [5.74, 6) is 0.240. The van der Waals surface area contributed by atoms with E-state index in [1.165, 1.54) is 0 Å². The van der Waals surface area contributed by atoms with Crippen molar-refractivity contribution in [2.45, 2.75) is 20.5 Å². The molecule has 0 spiro atoms. The van der Waals surface area contributed by atoms with Gasteiger partial charge in [0.25, 0.3) is 5.91 Å². The number of aryl methyl sites for hydroxylation is 2. The highest BCUT2D eigenvalue weighted by Gasteiger charge is 2.25. The molecule has 4 rings (SSSR count). The molecule has 1 N–H and O–H groups in total. The number of benzene rings is 2. The smallest absolute Gasteiger partial charge is 0.338 e. The second-order valence-electron chi connectivity index (χ2n) is 8.36. The number of anilines is 1. The molecule has 36 heavy (non-hydrogen) atoms. The number of nitrogens with zero attached hydrogens (tertiary/aromatic N) is 3. The summed E-state index contributed by atoms with van der Waals surface area (Å²) >= 11 is 0. The first-order chi connectivity index (χ1) is 17.4. The minimum Gasteiger partial charge on any atom is -0.489 e. The van der Waals surface area contributed by atoms with Crippen LogP contribution in [0.3, 0.4) is 0 Å². The van der Waals surface area contributed by atoms with Gasteiger partial charge in [0.1, 0.15) is 18.1 Å². The Bertz CT molecular complexity index is 1200. The highest BCUT2D eigenvalue weighted by molar-refractivity contribution is 5.92. The first-order valence-corrected chi connectivity index (χ1v) is 11.6. The Morgan fingerprint density at radius 2 is 1.69 bits per heavy atom. The van der Waals surface area contributed by atoms with Crippen LogP contribution in [0.5, 0.6) is 5.75 Å². The van der Waals surface area contributed by atoms with E-state index in [1.54, 1.807) is 34.1 Å². The van der Waals surface area contributed by atoms with E-state index in [0.29, 0.717) is 43.4 Å². The van der Waals surface area contributed by atoms with Gasteiger partial charge >= 0.3 is 12.0 Å². The van der Waals surface area contributed by atoms with Crippen LogP contribution in [0.4, 0.5) is 10.5 Å². The number of aromatic nitrogens is 1. The van der Waals surface area contributed by atoms with E-state index in [9.17, 15) is 14.4 Å². The average molecular weight is 493 g/mol. The van der Waals surface area contributed by atoms with Gasteiger partial charge in [0.2, 0.25) is 0 Å². The Hall–Kier alpha value is -4.34. The maximum Gasteiger partial charge on any atom is 0.338 e. The molecule has 0 saturated carbocycles. The summed E-state index contributed by atoms with van der Waals surface area (Å²) in [7, 11) is 0. The molecular weight excluding hydrogens is 464 g/mol. The number of carbonyl (C=O) groups is 3. The van der Waals surface area contributed by atoms with Gasteiger partial charge in [-0.2, -0.15) is 0 Å². The lowest BCUT2D eigenvalue weighted by Crippen LogP contribution is -2.52. The lowest BCUT2D eigenvalue weighted by molar-refractivity contribution is -0.135. The molecule has 3 aromatic rings. The zero-order valence-corrected chi connectivity index (χ0v) is 20.2. The average Bonchev–Trinajstić information content (AvgIpc) is 3.23. The highest BCUT2D eigenvalue weighted by Crippen LogP contribution is 2.19. The standard InChI is InChI=1S/C26H28N4O6/c1-18-23(19(2)36-28-18)16-34-22-10-6-7-20(15-22)25(32)35-17-24(31)29-11-13-30(14-12-29)26(33)27-21-8-4-3-5-9-21/h3-10,15H,11-14,16-17H2,1-2H3,(H,27,33). The van der Waals surface area contributed by atoms with E-state index in [1.807, 2.05) is 44.2 Å². The number of nitrogens with one attached hydrogen (secondary N) is 1. The van der Waals surface area contributed by atoms with Crippen LogP contribution in [0, 0.1) is 13.8 Å². The minimum atomic E-state index is -0.619. The van der Waals surface area contributed by atoms with E-state index < -0.39 is 5.97 Å². The number of amides is 3. The Balaban J connectivity index is 1.22. The zero-order chi connectivity index (χ0) is 25.5. The monoisotopic (exact) mass is 492 g/mol. The van der Waals surface area contributed by atoms with Crippen LogP contribution in [0.1, 0.15) is 27.4 Å². The number of rotatable bonds is 7. The normalized spacial score (nSPS) is 13.3. The molecule has 2 heterocycles. The maximum absolute atomic E-state index is 12.6. The molecule has 188 valence electrons. The van der Waals surface area contributed by atoms with Gasteiger partial charge in [-0.25, -0.2) is 9.59 Å². The Labute approximate surface area is 208 Å². The maximum atomic E-state index is 12.6. The number of hydrogen-bond donors (Lipinski definition) is 1. The molecule has 1 fully saturated rings. The molecule has 1 aromatic heterocycles. The van der Waals surface area contributed by atoms with E-state index in [2.05, 4.69) is 10.5 Å². The molecule has 0 unspecified atom stereocenters. The fourth-order valence-electron chi connectivity index (χ4n) is 3.76. The number of hydrogen-bond acceptors (Lipinski definition) is 7. The summed E-state index contributed by atoms with van der Waals surface area (Å²) in [5.41, 5.74) is 2.60. The molecule has 10 nitrogen and oxygen atoms in total. The molecule has 1 saturated heterocycles. The summed E-state index contributed by atoms with van der Waals surface area (Å²) in [6.07, 6.45) is 0. The number of esters is 1. The van der Waals surface area contributed by atoms with Crippen LogP contribution in [-0.2, 0) is 16.1 Å². The van der Waals surface area contributed by atoms with Gasteiger partial charge in [0.05, 0.1) is 16.8 Å². The van der Waals surface area contributed by atoms with Crippen molar-refractivity contribution in [2.75, 3.05) is 38.1 Å². The van der Waals surface area contributed by atoms with Crippen molar-refractivity contribution < 1.29 is 28.4 Å². The summed E-state index contributed by atoms with van der Waals surface area (Å²) in [6, 6.07) is 15.5. The predicted molar refractivity (Wildman–Crippen MR) is 131 cm³/mol. The zero-order valence-electron chi connectivity index (χ0n) is 20.2. The number of urea groups is 1. The van der Waals surface area contributed by atoms with Gasteiger partial charge in [-0.05, 0) is 44.2 Å². The topological polar surface area (TPSA) is 114 Å². The third kappa shape index (κ3) is 6.21. The van der Waals surface area contributed by atoms with Crippen molar-refractivity contribution >= 4 is 23.6 Å². The van der Waals surface area contributed by atoms with Crippen molar-refractivity contribution in [1.82, 2.24) is 15.0 Å². The van der Waals surface area contributed by atoms with Crippen LogP contribution in [0.25, 0.3) is 0 Å². The second-order valence-corrected chi connectivity index (χ2v) is 8.36. The number of carbonyl (C=O) groups excluding carboxylic acids is 3. The number of ether oxygens (including phenoxy) is 2. The summed E-state index contributed by atoms with van der Waals surface area (Å²) in [4.78, 5) is 40.7. The van der Waals surface area contributed by atoms with Crippen LogP contribution < -0.4 is 10.1 Å². The fraction of sp³-hybridized carbons (Fsp3) is 0.308. The lowest BCUT2D eigenvalue weighted by atomic mass is 10.2. The largest absolute Gasteiger partial charge is 0.489 e. The Morgan fingerprint density at radius 3 is 2.39 bits per heavy atom. The molecule has 1 aliphatic rings. The third-order valence-electron chi connectivity index (χ3n) is 5.91. The molecule has 10 heteroatoms. The Kier molecular flexibility index (Phi) is 7.84. The van der Waals surface area contributed by atoms with Gasteiger partial charge in [-0.3, -0.25) is 4.79 Å². The van der Waals surface area contributed by atoms with Gasteiger partial charge in [-0.1, -0.05) is 29.4 Å². The summed E-state index contributed by atoms with van der Waals surface area (Å²) < 4.78 is 16.1. The Morgan fingerprint density at radius 1 is 0.972 bits per heavy atom. The van der Waals surface area contributed by atoms with Crippen molar-refractivity contribution in [2.24, 2.45) is 0 Å². The molecule has 0 radical (unpaired) electrons. The second kappa shape index (κ2) is 11.4. The van der Waals surface area contributed by atoms with Gasteiger partial charge in [0.15, 0.2) is 6.61 Å². The van der Waals surface area contributed by atoms with Crippen molar-refractivity contribution in [3.8, 4) is 5.75 Å². The molecule has 2 aromatic carbocycles. The first-order valence-electron chi connectivity index (χ1n) is 11.6. The van der Waals surface area contributed by atoms with E-state index >= 15 is 0 Å². The summed E-state index contributed by atoms with van der Waals surface area (Å²) in [5, 5.41) is 6.73. The predicted octanol–water partition coefficient (Wildman–Crippen LogP) is 3.40. The highest BCUT2D eigenvalue weighted by atomic mass is 16.5. The molecule has 0 aliphatic carbocycles. The van der Waals surface area contributed by atoms with Crippen LogP contribution >= 0.6 is 0 Å². The van der Waals surface area contributed by atoms with Crippen molar-refractivity contribution in [3.05, 3.63) is 77.2 Å². The van der Waals surface area contributed by atoms with Crippen LogP contribution in [0.15, 0.2) is 59.1 Å². The van der Waals surface area contributed by atoms with Crippen LogP contribution in [-0.4, -0.2) is 65.6 Å². The van der Waals surface area contributed by atoms with Gasteiger partial charge in [-0.15, -0.1) is 0 Å². The number of para-hydroxylation sites is 1. The fourth-order valence-corrected chi connectivity index (χ4v) is 3.76. The lowest BCUT2D eigenvalue weighted by Gasteiger charge is -2.34. The molecule has 0 bridgehead atoms. The van der Waals surface area contributed by atoms with Crippen LogP contribution in [0.2, 0.25) is 0 Å². The van der Waals surface area contributed by atoms with E-state index in [0.717, 1.165) is 11.3 Å². The van der Waals surface area contributed by atoms with Crippen molar-refractivity contribution in [1.29, 1.82) is 0 Å². The third-order valence-corrected chi connectivity index (χ3v) is 5.91. The van der Waals surface area contributed by atoms with E-state index in [4.69, 9.17) is 14.0 Å². The quantitative estimate of drug-likeness (QED) is 0.503. The van der Waals surface area contributed by atoms with E-state index in [-0.39, 0.29) is 30.7 Å². The summed E-state index contributed by atoms with van der Waals surface area (Å²) in [6.45, 7) is 5.04. The molecule has 3 amide bonds. The SMILES string of the molecule is Cc1noc(C)c1COc1cccc(C(=O)OCC(=O)N2CCN(C(=O)Nc3ccccc3)CC2)c1. The minimum absolute atomic E-state index is 0.212. The van der Waals surface area contributed by atoms with Crippen molar-refractivity contribution in [3.63, 3.8) is 0 Å².